The molecule has 8 aromatic rings. The number of fused-ring (bicyclic) bond motifs is 7. The Morgan fingerprint density at radius 2 is 1.04 bits per heavy atom. The molecule has 0 spiro atoms. The number of nitrogens with zero attached hydrogens (tertiary/aromatic N) is 3. The zero-order valence-corrected chi connectivity index (χ0v) is 28.1. The van der Waals surface area contributed by atoms with Crippen molar-refractivity contribution < 1.29 is 9.47 Å². The largest absolute Gasteiger partial charge is 0.449 e. The van der Waals surface area contributed by atoms with E-state index in [9.17, 15) is 0 Å². The summed E-state index contributed by atoms with van der Waals surface area (Å²) in [6.07, 6.45) is 0. The zero-order valence-electron chi connectivity index (χ0n) is 28.1. The van der Waals surface area contributed by atoms with E-state index in [-0.39, 0.29) is 5.41 Å². The molecule has 0 amide bonds. The Morgan fingerprint density at radius 1 is 0.412 bits per heavy atom. The van der Waals surface area contributed by atoms with Gasteiger partial charge in [0.1, 0.15) is 0 Å². The average Bonchev–Trinajstić information content (AvgIpc) is 3.43. The van der Waals surface area contributed by atoms with Gasteiger partial charge in [0, 0.05) is 33.2 Å². The van der Waals surface area contributed by atoms with Crippen molar-refractivity contribution in [1.29, 1.82) is 0 Å². The van der Waals surface area contributed by atoms with E-state index in [1.807, 2.05) is 60.7 Å². The first-order chi connectivity index (χ1) is 25.0. The van der Waals surface area contributed by atoms with Crippen LogP contribution in [0.15, 0.2) is 152 Å². The van der Waals surface area contributed by atoms with Crippen molar-refractivity contribution in [3.05, 3.63) is 163 Å². The summed E-state index contributed by atoms with van der Waals surface area (Å²) in [5.74, 6) is 4.69. The van der Waals surface area contributed by atoms with Crippen LogP contribution in [-0.4, -0.2) is 15.0 Å². The smallest absolute Gasteiger partial charge is 0.178 e. The van der Waals surface area contributed by atoms with Crippen molar-refractivity contribution in [2.24, 2.45) is 0 Å². The Labute approximate surface area is 295 Å². The zero-order chi connectivity index (χ0) is 34.1. The Hall–Kier alpha value is -6.59. The first kappa shape index (κ1) is 29.3. The monoisotopic (exact) mass is 657 g/mol. The van der Waals surface area contributed by atoms with Crippen molar-refractivity contribution in [3.8, 4) is 79.4 Å². The third-order valence-corrected chi connectivity index (χ3v) is 10.2. The molecular weight excluding hydrogens is 627 g/mol. The lowest BCUT2D eigenvalue weighted by atomic mass is 9.82. The van der Waals surface area contributed by atoms with E-state index >= 15 is 0 Å². The van der Waals surface area contributed by atoms with Gasteiger partial charge in [-0.15, -0.1) is 0 Å². The molecule has 0 saturated heterocycles. The Balaban J connectivity index is 1.09. The molecule has 242 valence electrons. The van der Waals surface area contributed by atoms with Crippen LogP contribution in [0.3, 0.4) is 0 Å². The summed E-state index contributed by atoms with van der Waals surface area (Å²) in [6, 6.07) is 51.9. The highest BCUT2D eigenvalue weighted by atomic mass is 16.6. The van der Waals surface area contributed by atoms with Crippen LogP contribution >= 0.6 is 0 Å². The first-order valence-corrected chi connectivity index (χ1v) is 17.2. The number of para-hydroxylation sites is 1. The lowest BCUT2D eigenvalue weighted by molar-refractivity contribution is 0.361. The van der Waals surface area contributed by atoms with Crippen LogP contribution in [0.25, 0.3) is 67.2 Å². The van der Waals surface area contributed by atoms with Crippen molar-refractivity contribution in [2.45, 2.75) is 19.3 Å². The van der Waals surface area contributed by atoms with E-state index in [4.69, 9.17) is 24.4 Å². The number of hydrogen-bond acceptors (Lipinski definition) is 5. The molecule has 0 atom stereocenters. The number of hydrogen-bond donors (Lipinski definition) is 0. The fourth-order valence-electron chi connectivity index (χ4n) is 7.58. The van der Waals surface area contributed by atoms with Crippen LogP contribution in [0.2, 0.25) is 0 Å². The van der Waals surface area contributed by atoms with Gasteiger partial charge in [-0.05, 0) is 57.3 Å². The van der Waals surface area contributed by atoms with Gasteiger partial charge in [0.2, 0.25) is 0 Å². The molecule has 1 aromatic heterocycles. The second-order valence-electron chi connectivity index (χ2n) is 13.6. The fourth-order valence-corrected chi connectivity index (χ4v) is 7.58. The summed E-state index contributed by atoms with van der Waals surface area (Å²) >= 11 is 0. The van der Waals surface area contributed by atoms with Gasteiger partial charge in [-0.3, -0.25) is 0 Å². The fraction of sp³-hybridized carbons (Fsp3) is 0.0652. The summed E-state index contributed by atoms with van der Waals surface area (Å²) in [6.45, 7) is 4.54. The number of aromatic nitrogens is 3. The standard InChI is InChI=1S/C46H31N3O2/c1-46(2)36-20-9-8-18-35(36)40-37(46)24-25-39-42(40)51-41-34(19-11-21-38(41)50-39)31-16-10-17-32(27-31)44-47-43(29-13-4-3-5-14-29)48-45(49-44)33-23-22-28-12-6-7-15-30(28)26-33/h3-27H,1-2H3. The molecule has 0 radical (unpaired) electrons. The van der Waals surface area contributed by atoms with Crippen LogP contribution in [0.5, 0.6) is 23.0 Å². The van der Waals surface area contributed by atoms with Gasteiger partial charge in [-0.2, -0.15) is 0 Å². The molecule has 1 aliphatic heterocycles. The minimum absolute atomic E-state index is 0.146. The Kier molecular flexibility index (Phi) is 6.46. The van der Waals surface area contributed by atoms with E-state index in [0.717, 1.165) is 50.3 Å². The number of ether oxygens (including phenoxy) is 2. The van der Waals surface area contributed by atoms with Gasteiger partial charge >= 0.3 is 0 Å². The second-order valence-corrected chi connectivity index (χ2v) is 13.6. The highest BCUT2D eigenvalue weighted by Crippen LogP contribution is 2.59. The van der Waals surface area contributed by atoms with Gasteiger partial charge in [-0.1, -0.05) is 141 Å². The van der Waals surface area contributed by atoms with E-state index < -0.39 is 0 Å². The van der Waals surface area contributed by atoms with Crippen LogP contribution in [0.1, 0.15) is 25.0 Å². The molecule has 2 aliphatic rings. The summed E-state index contributed by atoms with van der Waals surface area (Å²) in [7, 11) is 0. The van der Waals surface area contributed by atoms with Gasteiger partial charge < -0.3 is 9.47 Å². The second kappa shape index (κ2) is 11.2. The lowest BCUT2D eigenvalue weighted by Gasteiger charge is -2.26. The molecule has 0 bridgehead atoms. The van der Waals surface area contributed by atoms with Gasteiger partial charge in [0.15, 0.2) is 40.5 Å². The van der Waals surface area contributed by atoms with Crippen LogP contribution in [-0.2, 0) is 5.41 Å². The maximum atomic E-state index is 6.92. The molecular formula is C46H31N3O2. The molecule has 5 heteroatoms. The van der Waals surface area contributed by atoms with Crippen molar-refractivity contribution in [2.75, 3.05) is 0 Å². The molecule has 10 rings (SSSR count). The normalized spacial score (nSPS) is 13.4. The first-order valence-electron chi connectivity index (χ1n) is 17.2. The number of rotatable bonds is 4. The maximum Gasteiger partial charge on any atom is 0.178 e. The highest BCUT2D eigenvalue weighted by Gasteiger charge is 2.39. The van der Waals surface area contributed by atoms with E-state index in [0.29, 0.717) is 29.0 Å². The quantitative estimate of drug-likeness (QED) is 0.188. The van der Waals surface area contributed by atoms with Gasteiger partial charge in [0.25, 0.3) is 0 Å². The third kappa shape index (κ3) is 4.73. The molecule has 0 unspecified atom stereocenters. The topological polar surface area (TPSA) is 57.1 Å². The Bertz CT molecular complexity index is 2680. The molecule has 0 N–H and O–H groups in total. The highest BCUT2D eigenvalue weighted by molar-refractivity contribution is 5.90. The molecule has 5 nitrogen and oxygen atoms in total. The van der Waals surface area contributed by atoms with Crippen LogP contribution < -0.4 is 9.47 Å². The van der Waals surface area contributed by atoms with Crippen molar-refractivity contribution in [3.63, 3.8) is 0 Å². The molecule has 51 heavy (non-hydrogen) atoms. The molecule has 7 aromatic carbocycles. The molecule has 2 heterocycles. The third-order valence-electron chi connectivity index (χ3n) is 10.2. The molecule has 0 saturated carbocycles. The SMILES string of the molecule is CC1(C)c2ccccc2-c2c1ccc1c2Oc2c(cccc2-c2cccc(-c3nc(-c4ccccc4)nc(-c4ccc5ccccc5c4)n3)c2)O1. The lowest BCUT2D eigenvalue weighted by Crippen LogP contribution is -2.15. The predicted molar refractivity (Wildman–Crippen MR) is 203 cm³/mol. The summed E-state index contributed by atoms with van der Waals surface area (Å²) < 4.78 is 13.5. The van der Waals surface area contributed by atoms with Gasteiger partial charge in [0.05, 0.1) is 0 Å². The molecule has 1 aliphatic carbocycles. The minimum atomic E-state index is -0.146. The molecule has 0 fully saturated rings. The average molecular weight is 658 g/mol. The number of benzene rings is 7. The summed E-state index contributed by atoms with van der Waals surface area (Å²) in [5, 5.41) is 2.31. The maximum absolute atomic E-state index is 6.92. The van der Waals surface area contributed by atoms with Gasteiger partial charge in [-0.25, -0.2) is 15.0 Å². The van der Waals surface area contributed by atoms with E-state index in [2.05, 4.69) is 105 Å². The summed E-state index contributed by atoms with van der Waals surface area (Å²) in [5.41, 5.74) is 9.30. The van der Waals surface area contributed by atoms with Crippen LogP contribution in [0, 0.1) is 0 Å². The van der Waals surface area contributed by atoms with E-state index in [1.54, 1.807) is 0 Å². The predicted octanol–water partition coefficient (Wildman–Crippen LogP) is 11.9. The van der Waals surface area contributed by atoms with Crippen molar-refractivity contribution >= 4 is 10.8 Å². The Morgan fingerprint density at radius 3 is 1.88 bits per heavy atom. The minimum Gasteiger partial charge on any atom is -0.449 e. The van der Waals surface area contributed by atoms with E-state index in [1.165, 1.54) is 22.1 Å². The van der Waals surface area contributed by atoms with Crippen molar-refractivity contribution in [1.82, 2.24) is 15.0 Å². The van der Waals surface area contributed by atoms with Crippen LogP contribution in [0.4, 0.5) is 0 Å². The summed E-state index contributed by atoms with van der Waals surface area (Å²) in [4.78, 5) is 15.0.